The smallest absolute Gasteiger partial charge is 0.248 e. The number of aryl methyl sites for hydroxylation is 1. The van der Waals surface area contributed by atoms with Crippen LogP contribution < -0.4 is 5.32 Å². The van der Waals surface area contributed by atoms with Crippen LogP contribution in [0.2, 0.25) is 0 Å². The molecule has 2 amide bonds. The molecule has 1 aliphatic rings. The first kappa shape index (κ1) is 12.5. The summed E-state index contributed by atoms with van der Waals surface area (Å²) in [6.07, 6.45) is 1.43. The van der Waals surface area contributed by atoms with Gasteiger partial charge in [-0.3, -0.25) is 14.3 Å². The molecule has 98 valence electrons. The van der Waals surface area contributed by atoms with Crippen molar-refractivity contribution in [2.75, 3.05) is 0 Å². The summed E-state index contributed by atoms with van der Waals surface area (Å²) < 4.78 is 1.60. The molecule has 2 heterocycles. The minimum atomic E-state index is -0.873. The maximum atomic E-state index is 12.3. The normalized spacial score (nSPS) is 23.1. The van der Waals surface area contributed by atoms with Crippen LogP contribution in [0.1, 0.15) is 26.6 Å². The zero-order valence-corrected chi connectivity index (χ0v) is 11.0. The van der Waals surface area contributed by atoms with E-state index in [-0.39, 0.29) is 18.4 Å². The Morgan fingerprint density at radius 1 is 1.44 bits per heavy atom. The molecule has 1 saturated heterocycles. The number of hydrogen-bond acceptors (Lipinski definition) is 4. The summed E-state index contributed by atoms with van der Waals surface area (Å²) in [5, 5.41) is 6.66. The zero-order chi connectivity index (χ0) is 13.5. The second-order valence-electron chi connectivity index (χ2n) is 5.02. The highest BCUT2D eigenvalue weighted by atomic mass is 16.2. The zero-order valence-electron chi connectivity index (χ0n) is 11.0. The van der Waals surface area contributed by atoms with Crippen LogP contribution in [0.4, 0.5) is 0 Å². The molecule has 1 unspecified atom stereocenters. The molecule has 7 heteroatoms. The number of aromatic nitrogens is 3. The number of carbonyl (C=O) groups excluding carboxylic acids is 2. The summed E-state index contributed by atoms with van der Waals surface area (Å²) >= 11 is 0. The summed E-state index contributed by atoms with van der Waals surface area (Å²) in [6, 6.07) is -0.498. The average molecular weight is 251 g/mol. The van der Waals surface area contributed by atoms with Crippen molar-refractivity contribution in [2.45, 2.75) is 38.9 Å². The van der Waals surface area contributed by atoms with Crippen LogP contribution in [0, 0.1) is 0 Å². The third-order valence-corrected chi connectivity index (χ3v) is 3.20. The molecule has 0 radical (unpaired) electrons. The van der Waals surface area contributed by atoms with E-state index in [1.54, 1.807) is 32.5 Å². The number of amides is 2. The van der Waals surface area contributed by atoms with E-state index in [1.165, 1.54) is 11.2 Å². The molecule has 1 aromatic heterocycles. The lowest BCUT2D eigenvalue weighted by molar-refractivity contribution is -0.153. The largest absolute Gasteiger partial charge is 0.340 e. The monoisotopic (exact) mass is 251 g/mol. The van der Waals surface area contributed by atoms with Gasteiger partial charge in [-0.15, -0.1) is 0 Å². The van der Waals surface area contributed by atoms with E-state index >= 15 is 0 Å². The van der Waals surface area contributed by atoms with Gasteiger partial charge in [0.1, 0.15) is 23.7 Å². The number of nitrogens with zero attached hydrogens (tertiary/aromatic N) is 4. The number of carbonyl (C=O) groups is 2. The molecule has 0 spiro atoms. The standard InChI is InChI=1S/C11H17N5O2/c1-7-9(17)14-11(2,3)10(18)16(7)5-8-12-6-13-15(8)4/h6-7H,5H2,1-4H3,(H,14,17). The molecular weight excluding hydrogens is 234 g/mol. The number of nitrogens with one attached hydrogen (secondary N) is 1. The Balaban J connectivity index is 2.27. The maximum Gasteiger partial charge on any atom is 0.248 e. The molecule has 1 aromatic rings. The second-order valence-corrected chi connectivity index (χ2v) is 5.02. The fraction of sp³-hybridized carbons (Fsp3) is 0.636. The second kappa shape index (κ2) is 4.08. The van der Waals surface area contributed by atoms with Crippen LogP contribution >= 0.6 is 0 Å². The molecule has 1 atom stereocenters. The first-order valence-corrected chi connectivity index (χ1v) is 5.79. The first-order chi connectivity index (χ1) is 8.33. The van der Waals surface area contributed by atoms with Gasteiger partial charge in [-0.1, -0.05) is 0 Å². The molecule has 1 fully saturated rings. The van der Waals surface area contributed by atoms with E-state index < -0.39 is 11.6 Å². The first-order valence-electron chi connectivity index (χ1n) is 5.79. The van der Waals surface area contributed by atoms with E-state index in [1.807, 2.05) is 0 Å². The van der Waals surface area contributed by atoms with Crippen molar-refractivity contribution in [3.63, 3.8) is 0 Å². The number of hydrogen-bond donors (Lipinski definition) is 1. The van der Waals surface area contributed by atoms with E-state index in [0.717, 1.165) is 0 Å². The molecule has 1 aliphatic heterocycles. The SMILES string of the molecule is CC1C(=O)NC(C)(C)C(=O)N1Cc1ncnn1C. The van der Waals surface area contributed by atoms with Crippen molar-refractivity contribution < 1.29 is 9.59 Å². The summed E-state index contributed by atoms with van der Waals surface area (Å²) in [4.78, 5) is 29.7. The summed E-state index contributed by atoms with van der Waals surface area (Å²) in [5.41, 5.74) is -0.873. The average Bonchev–Trinajstić information content (AvgIpc) is 2.67. The fourth-order valence-electron chi connectivity index (χ4n) is 1.97. The van der Waals surface area contributed by atoms with Crippen LogP contribution in [0.5, 0.6) is 0 Å². The molecule has 0 bridgehead atoms. The van der Waals surface area contributed by atoms with Crippen LogP contribution in [0.3, 0.4) is 0 Å². The van der Waals surface area contributed by atoms with E-state index in [2.05, 4.69) is 15.4 Å². The Labute approximate surface area is 105 Å². The molecule has 0 saturated carbocycles. The lowest BCUT2D eigenvalue weighted by Gasteiger charge is -2.41. The van der Waals surface area contributed by atoms with Gasteiger partial charge in [0.25, 0.3) is 0 Å². The van der Waals surface area contributed by atoms with Crippen LogP contribution in [0.15, 0.2) is 6.33 Å². The molecule has 0 aliphatic carbocycles. The van der Waals surface area contributed by atoms with Crippen molar-refractivity contribution >= 4 is 11.8 Å². The number of rotatable bonds is 2. The topological polar surface area (TPSA) is 80.1 Å². The van der Waals surface area contributed by atoms with Crippen molar-refractivity contribution in [3.05, 3.63) is 12.2 Å². The predicted octanol–water partition coefficient (Wildman–Crippen LogP) is -0.559. The Hall–Kier alpha value is -1.92. The van der Waals surface area contributed by atoms with Gasteiger partial charge in [0, 0.05) is 7.05 Å². The predicted molar refractivity (Wildman–Crippen MR) is 63.2 cm³/mol. The lowest BCUT2D eigenvalue weighted by Crippen LogP contribution is -2.67. The molecule has 2 rings (SSSR count). The fourth-order valence-corrected chi connectivity index (χ4v) is 1.97. The van der Waals surface area contributed by atoms with E-state index in [4.69, 9.17) is 0 Å². The summed E-state index contributed by atoms with van der Waals surface area (Å²) in [6.45, 7) is 5.39. The third-order valence-electron chi connectivity index (χ3n) is 3.20. The Kier molecular flexibility index (Phi) is 2.84. The van der Waals surface area contributed by atoms with Gasteiger partial charge < -0.3 is 10.2 Å². The summed E-state index contributed by atoms with van der Waals surface area (Å²) in [7, 11) is 1.76. The van der Waals surface area contributed by atoms with Crippen LogP contribution in [-0.2, 0) is 23.2 Å². The Morgan fingerprint density at radius 3 is 2.67 bits per heavy atom. The van der Waals surface area contributed by atoms with Gasteiger partial charge in [0.05, 0.1) is 6.54 Å². The van der Waals surface area contributed by atoms with Gasteiger partial charge in [-0.05, 0) is 20.8 Å². The van der Waals surface area contributed by atoms with Crippen molar-refractivity contribution in [2.24, 2.45) is 7.05 Å². The highest BCUT2D eigenvalue weighted by Gasteiger charge is 2.43. The van der Waals surface area contributed by atoms with Crippen molar-refractivity contribution in [3.8, 4) is 0 Å². The minimum Gasteiger partial charge on any atom is -0.340 e. The lowest BCUT2D eigenvalue weighted by atomic mass is 9.97. The Morgan fingerprint density at radius 2 is 2.11 bits per heavy atom. The summed E-state index contributed by atoms with van der Waals surface area (Å²) in [5.74, 6) is 0.389. The van der Waals surface area contributed by atoms with Gasteiger partial charge in [0.15, 0.2) is 0 Å². The van der Waals surface area contributed by atoms with Crippen LogP contribution in [-0.4, -0.2) is 43.1 Å². The van der Waals surface area contributed by atoms with Gasteiger partial charge in [0.2, 0.25) is 11.8 Å². The van der Waals surface area contributed by atoms with Crippen molar-refractivity contribution in [1.82, 2.24) is 25.0 Å². The molecule has 18 heavy (non-hydrogen) atoms. The van der Waals surface area contributed by atoms with E-state index in [0.29, 0.717) is 5.82 Å². The molecule has 7 nitrogen and oxygen atoms in total. The maximum absolute atomic E-state index is 12.3. The molecular formula is C11H17N5O2. The highest BCUT2D eigenvalue weighted by Crippen LogP contribution is 2.19. The highest BCUT2D eigenvalue weighted by molar-refractivity contribution is 5.98. The minimum absolute atomic E-state index is 0.113. The molecule has 0 aromatic carbocycles. The van der Waals surface area contributed by atoms with Crippen molar-refractivity contribution in [1.29, 1.82) is 0 Å². The number of piperazine rings is 1. The third kappa shape index (κ3) is 1.96. The van der Waals surface area contributed by atoms with Crippen LogP contribution in [0.25, 0.3) is 0 Å². The quantitative estimate of drug-likeness (QED) is 0.764. The van der Waals surface area contributed by atoms with Gasteiger partial charge in [-0.2, -0.15) is 5.10 Å². The van der Waals surface area contributed by atoms with Gasteiger partial charge in [-0.25, -0.2) is 4.98 Å². The molecule has 1 N–H and O–H groups in total. The van der Waals surface area contributed by atoms with E-state index in [9.17, 15) is 9.59 Å². The van der Waals surface area contributed by atoms with Gasteiger partial charge >= 0.3 is 0 Å². The Bertz CT molecular complexity index is 493.